The fourth-order valence-corrected chi connectivity index (χ4v) is 3.84. The van der Waals surface area contributed by atoms with Crippen LogP contribution in [0, 0.1) is 0 Å². The average Bonchev–Trinajstić information content (AvgIpc) is 3.47. The van der Waals surface area contributed by atoms with Crippen molar-refractivity contribution in [2.75, 3.05) is 13.7 Å². The Bertz CT molecular complexity index is 1080. The highest BCUT2D eigenvalue weighted by atomic mass is 79.9. The maximum Gasteiger partial charge on any atom is 0.270 e. The molecule has 3 aromatic rings. The number of amides is 1. The van der Waals surface area contributed by atoms with Gasteiger partial charge in [0.2, 0.25) is 0 Å². The van der Waals surface area contributed by atoms with Crippen LogP contribution in [0.15, 0.2) is 46.9 Å². The highest BCUT2D eigenvalue weighted by Crippen LogP contribution is 2.45. The van der Waals surface area contributed by atoms with Gasteiger partial charge in [0.1, 0.15) is 5.69 Å². The molecular weight excluding hydrogens is 418 g/mol. The SMILES string of the molecule is CNC(=O)c1c2cc(C3CC3)c(C(C)=CCO)cc2nn1-c1ccc(Br)cc1. The number of aromatic nitrogens is 2. The summed E-state index contributed by atoms with van der Waals surface area (Å²) >= 11 is 3.45. The number of hydrogen-bond acceptors (Lipinski definition) is 3. The van der Waals surface area contributed by atoms with Gasteiger partial charge in [-0.3, -0.25) is 4.79 Å². The number of fused-ring (bicyclic) bond motifs is 1. The van der Waals surface area contributed by atoms with E-state index < -0.39 is 0 Å². The summed E-state index contributed by atoms with van der Waals surface area (Å²) in [6.07, 6.45) is 4.13. The third-order valence-electron chi connectivity index (χ3n) is 5.20. The lowest BCUT2D eigenvalue weighted by Crippen LogP contribution is -2.21. The fourth-order valence-electron chi connectivity index (χ4n) is 3.58. The number of allylic oxidation sites excluding steroid dienone is 1. The standard InChI is InChI=1S/C22H22BrN3O2/c1-13(9-10-27)17-12-20-19(11-18(17)14-3-4-14)21(22(28)24-2)26(25-20)16-7-5-15(23)6-8-16/h5-9,11-12,14,27H,3-4,10H2,1-2H3,(H,24,28). The zero-order valence-electron chi connectivity index (χ0n) is 15.9. The Kier molecular flexibility index (Phi) is 5.08. The molecule has 1 saturated carbocycles. The molecule has 0 saturated heterocycles. The van der Waals surface area contributed by atoms with E-state index in [0.29, 0.717) is 11.6 Å². The molecule has 1 aliphatic carbocycles. The van der Waals surface area contributed by atoms with E-state index in [9.17, 15) is 9.90 Å². The number of carbonyl (C=O) groups is 1. The second kappa shape index (κ2) is 7.53. The van der Waals surface area contributed by atoms with Crippen molar-refractivity contribution in [2.45, 2.75) is 25.7 Å². The highest BCUT2D eigenvalue weighted by Gasteiger charge is 2.29. The first-order valence-corrected chi connectivity index (χ1v) is 10.2. The Labute approximate surface area is 172 Å². The Morgan fingerprint density at radius 1 is 1.32 bits per heavy atom. The van der Waals surface area contributed by atoms with Gasteiger partial charge < -0.3 is 10.4 Å². The lowest BCUT2D eigenvalue weighted by molar-refractivity contribution is 0.0957. The second-order valence-electron chi connectivity index (χ2n) is 7.12. The van der Waals surface area contributed by atoms with Crippen molar-refractivity contribution >= 4 is 38.3 Å². The van der Waals surface area contributed by atoms with Gasteiger partial charge in [-0.15, -0.1) is 0 Å². The number of carbonyl (C=O) groups excluding carboxylic acids is 1. The molecular formula is C22H22BrN3O2. The van der Waals surface area contributed by atoms with Gasteiger partial charge >= 0.3 is 0 Å². The Balaban J connectivity index is 1.99. The van der Waals surface area contributed by atoms with Crippen LogP contribution in [0.5, 0.6) is 0 Å². The number of nitrogens with one attached hydrogen (secondary N) is 1. The molecule has 0 unspecified atom stereocenters. The van der Waals surface area contributed by atoms with Crippen molar-refractivity contribution in [3.05, 3.63) is 63.8 Å². The summed E-state index contributed by atoms with van der Waals surface area (Å²) in [4.78, 5) is 12.7. The van der Waals surface area contributed by atoms with E-state index in [1.54, 1.807) is 11.7 Å². The molecule has 2 aromatic carbocycles. The third kappa shape index (κ3) is 3.38. The highest BCUT2D eigenvalue weighted by molar-refractivity contribution is 9.10. The van der Waals surface area contributed by atoms with Gasteiger partial charge in [0.25, 0.3) is 5.91 Å². The molecule has 6 heteroatoms. The van der Waals surface area contributed by atoms with E-state index in [2.05, 4.69) is 27.3 Å². The summed E-state index contributed by atoms with van der Waals surface area (Å²) in [5.41, 5.74) is 5.51. The van der Waals surface area contributed by atoms with Crippen molar-refractivity contribution in [3.63, 3.8) is 0 Å². The van der Waals surface area contributed by atoms with E-state index in [-0.39, 0.29) is 12.5 Å². The topological polar surface area (TPSA) is 67.2 Å². The minimum Gasteiger partial charge on any atom is -0.392 e. The molecule has 0 spiro atoms. The maximum absolute atomic E-state index is 12.7. The van der Waals surface area contributed by atoms with Crippen LogP contribution in [0.4, 0.5) is 0 Å². The monoisotopic (exact) mass is 439 g/mol. The largest absolute Gasteiger partial charge is 0.392 e. The lowest BCUT2D eigenvalue weighted by atomic mass is 9.95. The summed E-state index contributed by atoms with van der Waals surface area (Å²) in [7, 11) is 1.64. The molecule has 5 nitrogen and oxygen atoms in total. The molecule has 1 heterocycles. The number of aliphatic hydroxyl groups is 1. The fraction of sp³-hybridized carbons (Fsp3) is 0.273. The van der Waals surface area contributed by atoms with Crippen LogP contribution in [0.25, 0.3) is 22.2 Å². The molecule has 0 aliphatic heterocycles. The van der Waals surface area contributed by atoms with Crippen LogP contribution in [0.2, 0.25) is 0 Å². The molecule has 1 fully saturated rings. The van der Waals surface area contributed by atoms with Crippen molar-refractivity contribution in [3.8, 4) is 5.69 Å². The number of aliphatic hydroxyl groups excluding tert-OH is 1. The first kappa shape index (κ1) is 18.9. The molecule has 4 rings (SSSR count). The van der Waals surface area contributed by atoms with Gasteiger partial charge in [-0.25, -0.2) is 4.68 Å². The first-order chi connectivity index (χ1) is 13.5. The maximum atomic E-state index is 12.7. The van der Waals surface area contributed by atoms with Crippen LogP contribution in [0.3, 0.4) is 0 Å². The van der Waals surface area contributed by atoms with Gasteiger partial charge in [-0.2, -0.15) is 5.10 Å². The number of hydrogen-bond donors (Lipinski definition) is 2. The summed E-state index contributed by atoms with van der Waals surface area (Å²) in [6.45, 7) is 2.01. The molecule has 0 atom stereocenters. The first-order valence-electron chi connectivity index (χ1n) is 9.36. The molecule has 0 bridgehead atoms. The van der Waals surface area contributed by atoms with Crippen LogP contribution in [-0.2, 0) is 0 Å². The Hall–Kier alpha value is -2.44. The minimum absolute atomic E-state index is 0.00476. The van der Waals surface area contributed by atoms with Crippen LogP contribution in [0.1, 0.15) is 47.3 Å². The molecule has 2 N–H and O–H groups in total. The van der Waals surface area contributed by atoms with Crippen LogP contribution >= 0.6 is 15.9 Å². The third-order valence-corrected chi connectivity index (χ3v) is 5.72. The van der Waals surface area contributed by atoms with Gasteiger partial charge in [0.15, 0.2) is 0 Å². The molecule has 0 radical (unpaired) electrons. The number of halogens is 1. The van der Waals surface area contributed by atoms with Crippen molar-refractivity contribution in [1.29, 1.82) is 0 Å². The minimum atomic E-state index is -0.164. The lowest BCUT2D eigenvalue weighted by Gasteiger charge is -2.10. The predicted molar refractivity (Wildman–Crippen MR) is 115 cm³/mol. The Morgan fingerprint density at radius 3 is 2.64 bits per heavy atom. The summed E-state index contributed by atoms with van der Waals surface area (Å²) < 4.78 is 2.68. The molecule has 1 amide bonds. The smallest absolute Gasteiger partial charge is 0.270 e. The molecule has 1 aromatic heterocycles. The van der Waals surface area contributed by atoms with E-state index in [4.69, 9.17) is 5.10 Å². The zero-order chi connectivity index (χ0) is 19.8. The zero-order valence-corrected chi connectivity index (χ0v) is 17.5. The molecule has 28 heavy (non-hydrogen) atoms. The van der Waals surface area contributed by atoms with E-state index >= 15 is 0 Å². The quantitative estimate of drug-likeness (QED) is 0.617. The van der Waals surface area contributed by atoms with E-state index in [0.717, 1.165) is 45.0 Å². The van der Waals surface area contributed by atoms with Crippen LogP contribution < -0.4 is 5.32 Å². The van der Waals surface area contributed by atoms with Crippen LogP contribution in [-0.4, -0.2) is 34.4 Å². The number of nitrogens with zero attached hydrogens (tertiary/aromatic N) is 2. The average molecular weight is 440 g/mol. The molecule has 144 valence electrons. The summed E-state index contributed by atoms with van der Waals surface area (Å²) in [5, 5.41) is 17.7. The summed E-state index contributed by atoms with van der Waals surface area (Å²) in [6, 6.07) is 11.9. The van der Waals surface area contributed by atoms with Gasteiger partial charge in [-0.1, -0.05) is 22.0 Å². The van der Waals surface area contributed by atoms with E-state index in [1.807, 2.05) is 43.3 Å². The second-order valence-corrected chi connectivity index (χ2v) is 8.03. The van der Waals surface area contributed by atoms with Gasteiger partial charge in [0, 0.05) is 16.9 Å². The van der Waals surface area contributed by atoms with Gasteiger partial charge in [0.05, 0.1) is 17.8 Å². The normalized spacial score (nSPS) is 14.5. The van der Waals surface area contributed by atoms with Gasteiger partial charge in [-0.05, 0) is 78.8 Å². The summed E-state index contributed by atoms with van der Waals surface area (Å²) in [5.74, 6) is 0.345. The van der Waals surface area contributed by atoms with Crippen molar-refractivity contribution in [1.82, 2.24) is 15.1 Å². The van der Waals surface area contributed by atoms with Crippen molar-refractivity contribution in [2.24, 2.45) is 0 Å². The van der Waals surface area contributed by atoms with Crippen molar-refractivity contribution < 1.29 is 9.90 Å². The number of rotatable bonds is 5. The predicted octanol–water partition coefficient (Wildman–Crippen LogP) is 4.42. The Morgan fingerprint density at radius 2 is 2.04 bits per heavy atom. The molecule has 1 aliphatic rings. The number of benzene rings is 2. The van der Waals surface area contributed by atoms with E-state index in [1.165, 1.54) is 5.56 Å².